The smallest absolute Gasteiger partial charge is 0.261 e. The lowest BCUT2D eigenvalue weighted by Gasteiger charge is -2.17. The van der Waals surface area contributed by atoms with E-state index in [4.69, 9.17) is 11.6 Å². The standard InChI is InChI=1S/C13H11ClN2O2/c1-16(10-3-2-6-15-8-10)13(18)11-5-4-9(14)7-12(11)17/h2-8,17H,1H3. The molecule has 2 rings (SSSR count). The van der Waals surface area contributed by atoms with E-state index in [0.29, 0.717) is 10.7 Å². The van der Waals surface area contributed by atoms with E-state index in [-0.39, 0.29) is 17.2 Å². The Morgan fingerprint density at radius 3 is 2.78 bits per heavy atom. The van der Waals surface area contributed by atoms with Crippen molar-refractivity contribution >= 4 is 23.2 Å². The number of pyridine rings is 1. The fraction of sp³-hybridized carbons (Fsp3) is 0.0769. The molecule has 0 saturated heterocycles. The molecule has 92 valence electrons. The Kier molecular flexibility index (Phi) is 3.48. The van der Waals surface area contributed by atoms with Crippen molar-refractivity contribution in [3.63, 3.8) is 0 Å². The van der Waals surface area contributed by atoms with Gasteiger partial charge in [0.05, 0.1) is 17.4 Å². The van der Waals surface area contributed by atoms with Crippen LogP contribution in [0.3, 0.4) is 0 Å². The van der Waals surface area contributed by atoms with Gasteiger partial charge in [-0.2, -0.15) is 0 Å². The van der Waals surface area contributed by atoms with Crippen LogP contribution in [0.15, 0.2) is 42.7 Å². The van der Waals surface area contributed by atoms with Crippen LogP contribution in [0.2, 0.25) is 5.02 Å². The summed E-state index contributed by atoms with van der Waals surface area (Å²) in [6, 6.07) is 7.89. The first-order chi connectivity index (χ1) is 8.59. The molecular weight excluding hydrogens is 252 g/mol. The highest BCUT2D eigenvalue weighted by Gasteiger charge is 2.17. The number of aromatic nitrogens is 1. The lowest BCUT2D eigenvalue weighted by molar-refractivity contribution is 0.0990. The molecule has 0 bridgehead atoms. The second-order valence-electron chi connectivity index (χ2n) is 3.74. The summed E-state index contributed by atoms with van der Waals surface area (Å²) in [6.07, 6.45) is 3.20. The van der Waals surface area contributed by atoms with Crippen molar-refractivity contribution in [2.75, 3.05) is 11.9 Å². The van der Waals surface area contributed by atoms with Gasteiger partial charge >= 0.3 is 0 Å². The van der Waals surface area contributed by atoms with Crippen molar-refractivity contribution in [1.82, 2.24) is 4.98 Å². The molecule has 5 heteroatoms. The minimum atomic E-state index is -0.322. The molecule has 1 heterocycles. The molecule has 1 aromatic heterocycles. The van der Waals surface area contributed by atoms with Crippen molar-refractivity contribution < 1.29 is 9.90 Å². The first-order valence-corrected chi connectivity index (χ1v) is 5.64. The van der Waals surface area contributed by atoms with Gasteiger partial charge in [-0.25, -0.2) is 0 Å². The summed E-state index contributed by atoms with van der Waals surface area (Å²) in [5.41, 5.74) is 0.850. The molecule has 0 unspecified atom stereocenters. The Labute approximate surface area is 109 Å². The van der Waals surface area contributed by atoms with Crippen LogP contribution < -0.4 is 4.90 Å². The van der Waals surface area contributed by atoms with Gasteiger partial charge in [0.2, 0.25) is 0 Å². The average molecular weight is 263 g/mol. The highest BCUT2D eigenvalue weighted by atomic mass is 35.5. The third kappa shape index (κ3) is 2.43. The molecule has 4 nitrogen and oxygen atoms in total. The van der Waals surface area contributed by atoms with Gasteiger partial charge in [0.15, 0.2) is 0 Å². The number of amides is 1. The molecule has 0 spiro atoms. The fourth-order valence-corrected chi connectivity index (χ4v) is 1.70. The highest BCUT2D eigenvalue weighted by molar-refractivity contribution is 6.31. The van der Waals surface area contributed by atoms with Crippen LogP contribution in [0.5, 0.6) is 5.75 Å². The van der Waals surface area contributed by atoms with Crippen LogP contribution in [0, 0.1) is 0 Å². The molecule has 0 aliphatic heterocycles. The van der Waals surface area contributed by atoms with E-state index in [2.05, 4.69) is 4.98 Å². The minimum Gasteiger partial charge on any atom is -0.507 e. The first-order valence-electron chi connectivity index (χ1n) is 5.26. The first kappa shape index (κ1) is 12.4. The van der Waals surface area contributed by atoms with Crippen LogP contribution in [0.25, 0.3) is 0 Å². The van der Waals surface area contributed by atoms with E-state index in [0.717, 1.165) is 0 Å². The van der Waals surface area contributed by atoms with E-state index in [1.165, 1.54) is 17.0 Å². The normalized spacial score (nSPS) is 10.1. The predicted octanol–water partition coefficient (Wildman–Crippen LogP) is 2.72. The number of carbonyl (C=O) groups excluding carboxylic acids is 1. The zero-order chi connectivity index (χ0) is 13.1. The van der Waals surface area contributed by atoms with Crippen molar-refractivity contribution in [2.45, 2.75) is 0 Å². The number of benzene rings is 1. The summed E-state index contributed by atoms with van der Waals surface area (Å²) in [5.74, 6) is -0.458. The summed E-state index contributed by atoms with van der Waals surface area (Å²) in [4.78, 5) is 17.5. The molecule has 1 amide bonds. The molecular formula is C13H11ClN2O2. The van der Waals surface area contributed by atoms with Gasteiger partial charge in [-0.3, -0.25) is 9.78 Å². The molecule has 0 fully saturated rings. The third-order valence-corrected chi connectivity index (χ3v) is 2.76. The molecule has 2 aromatic rings. The Hall–Kier alpha value is -2.07. The molecule has 0 aliphatic carbocycles. The summed E-state index contributed by atoms with van der Waals surface area (Å²) >= 11 is 5.72. The van der Waals surface area contributed by atoms with Gasteiger partial charge in [-0.1, -0.05) is 11.6 Å². The molecule has 18 heavy (non-hydrogen) atoms. The SMILES string of the molecule is CN(C(=O)c1ccc(Cl)cc1O)c1cccnc1. The number of hydrogen-bond donors (Lipinski definition) is 1. The quantitative estimate of drug-likeness (QED) is 0.905. The number of aromatic hydroxyl groups is 1. The molecule has 0 radical (unpaired) electrons. The summed E-state index contributed by atoms with van der Waals surface area (Å²) < 4.78 is 0. The van der Waals surface area contributed by atoms with Gasteiger partial charge in [0.25, 0.3) is 5.91 Å². The predicted molar refractivity (Wildman–Crippen MR) is 70.1 cm³/mol. The molecule has 1 N–H and O–H groups in total. The van der Waals surface area contributed by atoms with Crippen molar-refractivity contribution in [3.05, 3.63) is 53.3 Å². The van der Waals surface area contributed by atoms with Gasteiger partial charge in [-0.05, 0) is 30.3 Å². The molecule has 0 atom stereocenters. The largest absolute Gasteiger partial charge is 0.507 e. The minimum absolute atomic E-state index is 0.136. The van der Waals surface area contributed by atoms with Gasteiger partial charge in [0.1, 0.15) is 5.75 Å². The lowest BCUT2D eigenvalue weighted by Crippen LogP contribution is -2.26. The second kappa shape index (κ2) is 5.06. The number of nitrogens with zero attached hydrogens (tertiary/aromatic N) is 2. The summed E-state index contributed by atoms with van der Waals surface area (Å²) in [7, 11) is 1.62. The van der Waals surface area contributed by atoms with Crippen LogP contribution in [0.1, 0.15) is 10.4 Å². The number of phenols is 1. The third-order valence-electron chi connectivity index (χ3n) is 2.53. The highest BCUT2D eigenvalue weighted by Crippen LogP contribution is 2.24. The summed E-state index contributed by atoms with van der Waals surface area (Å²) in [5, 5.41) is 10.1. The molecule has 1 aromatic carbocycles. The number of phenolic OH excluding ortho intramolecular Hbond substituents is 1. The van der Waals surface area contributed by atoms with Gasteiger partial charge < -0.3 is 10.0 Å². The molecule has 0 saturated carbocycles. The molecule has 0 aliphatic rings. The number of halogens is 1. The Balaban J connectivity index is 2.32. The van der Waals surface area contributed by atoms with Gasteiger partial charge in [0, 0.05) is 18.3 Å². The average Bonchev–Trinajstić information content (AvgIpc) is 2.38. The van der Waals surface area contributed by atoms with Crippen molar-refractivity contribution in [1.29, 1.82) is 0 Å². The maximum atomic E-state index is 12.2. The van der Waals surface area contributed by atoms with Crippen molar-refractivity contribution in [3.8, 4) is 5.75 Å². The number of hydrogen-bond acceptors (Lipinski definition) is 3. The van der Waals surface area contributed by atoms with E-state index < -0.39 is 0 Å². The van der Waals surface area contributed by atoms with E-state index >= 15 is 0 Å². The Bertz CT molecular complexity index is 572. The maximum absolute atomic E-state index is 12.2. The lowest BCUT2D eigenvalue weighted by atomic mass is 10.1. The number of carbonyl (C=O) groups is 1. The van der Waals surface area contributed by atoms with Gasteiger partial charge in [-0.15, -0.1) is 0 Å². The van der Waals surface area contributed by atoms with Crippen LogP contribution in [0.4, 0.5) is 5.69 Å². The maximum Gasteiger partial charge on any atom is 0.261 e. The van der Waals surface area contributed by atoms with Crippen LogP contribution >= 0.6 is 11.6 Å². The van der Waals surface area contributed by atoms with Crippen LogP contribution in [-0.2, 0) is 0 Å². The Morgan fingerprint density at radius 1 is 1.39 bits per heavy atom. The van der Waals surface area contributed by atoms with Crippen LogP contribution in [-0.4, -0.2) is 23.0 Å². The van der Waals surface area contributed by atoms with E-state index in [1.54, 1.807) is 37.6 Å². The monoisotopic (exact) mass is 262 g/mol. The van der Waals surface area contributed by atoms with Crippen molar-refractivity contribution in [2.24, 2.45) is 0 Å². The summed E-state index contributed by atoms with van der Waals surface area (Å²) in [6.45, 7) is 0. The number of anilines is 1. The fourth-order valence-electron chi connectivity index (χ4n) is 1.54. The zero-order valence-electron chi connectivity index (χ0n) is 9.67. The van der Waals surface area contributed by atoms with E-state index in [1.807, 2.05) is 0 Å². The second-order valence-corrected chi connectivity index (χ2v) is 4.17. The Morgan fingerprint density at radius 2 is 2.17 bits per heavy atom. The zero-order valence-corrected chi connectivity index (χ0v) is 10.4. The topological polar surface area (TPSA) is 53.4 Å². The number of rotatable bonds is 2. The van der Waals surface area contributed by atoms with E-state index in [9.17, 15) is 9.90 Å².